The number of fused-ring (bicyclic) bond motifs is 1. The van der Waals surface area contributed by atoms with Crippen LogP contribution in [0.15, 0.2) is 67.3 Å². The molecule has 0 saturated heterocycles. The Kier molecular flexibility index (Phi) is 4.20. The molecule has 0 unspecified atom stereocenters. The lowest BCUT2D eigenvalue weighted by Gasteiger charge is -2.10. The minimum atomic E-state index is 0.741. The van der Waals surface area contributed by atoms with Gasteiger partial charge >= 0.3 is 0 Å². The van der Waals surface area contributed by atoms with Crippen LogP contribution in [0.3, 0.4) is 0 Å². The highest BCUT2D eigenvalue weighted by Gasteiger charge is 2.20. The van der Waals surface area contributed by atoms with Crippen molar-refractivity contribution in [1.29, 1.82) is 0 Å². The molecule has 2 aromatic carbocycles. The fraction of sp³-hybridized carbons (Fsp3) is 0.182. The predicted octanol–water partition coefficient (Wildman–Crippen LogP) is 3.48. The van der Waals surface area contributed by atoms with E-state index in [4.69, 9.17) is 9.97 Å². The number of para-hydroxylation sites is 2. The van der Waals surface area contributed by atoms with Gasteiger partial charge in [0, 0.05) is 32.6 Å². The lowest BCUT2D eigenvalue weighted by atomic mass is 10.1. The molecule has 0 fully saturated rings. The second kappa shape index (κ2) is 7.01. The zero-order chi connectivity index (χ0) is 19.8. The monoisotopic (exact) mass is 383 g/mol. The van der Waals surface area contributed by atoms with Gasteiger partial charge in [-0.2, -0.15) is 5.10 Å². The van der Waals surface area contributed by atoms with Crippen LogP contribution in [0.4, 0.5) is 0 Å². The number of imidazole rings is 2. The first-order chi connectivity index (χ1) is 14.2. The van der Waals surface area contributed by atoms with Crippen LogP contribution in [-0.2, 0) is 27.1 Å². The zero-order valence-electron chi connectivity index (χ0n) is 16.4. The van der Waals surface area contributed by atoms with Gasteiger partial charge in [-0.3, -0.25) is 4.68 Å². The van der Waals surface area contributed by atoms with E-state index in [0.29, 0.717) is 0 Å². The van der Waals surface area contributed by atoms with Gasteiger partial charge in [-0.1, -0.05) is 42.5 Å². The summed E-state index contributed by atoms with van der Waals surface area (Å²) in [4.78, 5) is 14.0. The maximum atomic E-state index is 4.93. The van der Waals surface area contributed by atoms with Crippen LogP contribution in [-0.4, -0.2) is 33.9 Å². The minimum Gasteiger partial charge on any atom is -0.327 e. The van der Waals surface area contributed by atoms with Crippen molar-refractivity contribution in [3.8, 4) is 22.8 Å². The molecule has 3 aromatic heterocycles. The summed E-state index contributed by atoms with van der Waals surface area (Å²) in [5.41, 5.74) is 5.10. The summed E-state index contributed by atoms with van der Waals surface area (Å²) >= 11 is 0. The number of aromatic nitrogens is 7. The summed E-state index contributed by atoms with van der Waals surface area (Å²) < 4.78 is 6.11. The van der Waals surface area contributed by atoms with Crippen LogP contribution in [0, 0.1) is 0 Å². The number of benzene rings is 2. The lowest BCUT2D eigenvalue weighted by Crippen LogP contribution is -2.08. The summed E-state index contributed by atoms with van der Waals surface area (Å²) in [6, 6.07) is 18.4. The van der Waals surface area contributed by atoms with Gasteiger partial charge < -0.3 is 9.13 Å². The van der Waals surface area contributed by atoms with Crippen molar-refractivity contribution >= 4 is 11.0 Å². The van der Waals surface area contributed by atoms with E-state index in [9.17, 15) is 0 Å². The van der Waals surface area contributed by atoms with Gasteiger partial charge in [0.05, 0.1) is 23.1 Å². The first-order valence-electron chi connectivity index (χ1n) is 9.57. The van der Waals surface area contributed by atoms with Gasteiger partial charge in [-0.05, 0) is 12.1 Å². The molecule has 0 aliphatic heterocycles. The zero-order valence-corrected chi connectivity index (χ0v) is 16.4. The van der Waals surface area contributed by atoms with Crippen LogP contribution in [0.5, 0.6) is 0 Å². The third-order valence-corrected chi connectivity index (χ3v) is 5.27. The number of nitrogens with zero attached hydrogens (tertiary/aromatic N) is 7. The molecule has 0 aliphatic rings. The Morgan fingerprint density at radius 3 is 2.45 bits per heavy atom. The Bertz CT molecular complexity index is 1280. The Balaban J connectivity index is 1.65. The maximum Gasteiger partial charge on any atom is 0.159 e. The second-order valence-corrected chi connectivity index (χ2v) is 7.03. The molecule has 0 aliphatic carbocycles. The molecule has 29 heavy (non-hydrogen) atoms. The highest BCUT2D eigenvalue weighted by atomic mass is 15.3. The Hall–Kier alpha value is -3.74. The molecule has 0 radical (unpaired) electrons. The molecular formula is C22H21N7. The number of rotatable bonds is 5. The smallest absolute Gasteiger partial charge is 0.159 e. The largest absolute Gasteiger partial charge is 0.327 e. The van der Waals surface area contributed by atoms with Crippen molar-refractivity contribution in [2.24, 2.45) is 14.1 Å². The molecule has 0 amide bonds. The summed E-state index contributed by atoms with van der Waals surface area (Å²) in [5, 5.41) is 4.17. The molecule has 0 bridgehead atoms. The topological polar surface area (TPSA) is 66.3 Å². The number of hydrogen-bond acceptors (Lipinski definition) is 4. The normalized spacial score (nSPS) is 11.4. The maximum absolute atomic E-state index is 4.93. The van der Waals surface area contributed by atoms with Crippen molar-refractivity contribution in [3.63, 3.8) is 0 Å². The highest BCUT2D eigenvalue weighted by molar-refractivity contribution is 5.84. The van der Waals surface area contributed by atoms with E-state index in [1.54, 1.807) is 6.33 Å². The molecule has 5 rings (SSSR count). The van der Waals surface area contributed by atoms with Crippen molar-refractivity contribution in [3.05, 3.63) is 73.1 Å². The van der Waals surface area contributed by atoms with Crippen LogP contribution in [0.25, 0.3) is 33.8 Å². The predicted molar refractivity (Wildman–Crippen MR) is 112 cm³/mol. The highest BCUT2D eigenvalue weighted by Crippen LogP contribution is 2.32. The molecule has 7 nitrogen and oxygen atoms in total. The standard InChI is InChI=1S/C22H21N7/c1-27-18-11-7-6-10-17(18)26-22(27)21-20(16-8-4-3-5-9-16)24-15-29(21)13-12-19-23-14-25-28(19)2/h3-11,14-15H,12-13H2,1-2H3. The van der Waals surface area contributed by atoms with E-state index in [1.165, 1.54) is 0 Å². The number of hydrogen-bond donors (Lipinski definition) is 0. The van der Waals surface area contributed by atoms with E-state index in [0.717, 1.165) is 52.6 Å². The van der Waals surface area contributed by atoms with E-state index in [2.05, 4.69) is 44.5 Å². The fourth-order valence-electron chi connectivity index (χ4n) is 3.72. The third kappa shape index (κ3) is 3.00. The van der Waals surface area contributed by atoms with Crippen molar-refractivity contribution in [2.45, 2.75) is 13.0 Å². The van der Waals surface area contributed by atoms with Crippen molar-refractivity contribution in [1.82, 2.24) is 33.9 Å². The molecule has 0 N–H and O–H groups in total. The molecule has 5 aromatic rings. The average molecular weight is 383 g/mol. The van der Waals surface area contributed by atoms with Crippen LogP contribution in [0.2, 0.25) is 0 Å². The molecule has 7 heteroatoms. The Labute approximate surface area is 168 Å². The minimum absolute atomic E-state index is 0.741. The lowest BCUT2D eigenvalue weighted by molar-refractivity contribution is 0.627. The van der Waals surface area contributed by atoms with Crippen molar-refractivity contribution in [2.75, 3.05) is 0 Å². The molecule has 0 saturated carbocycles. The van der Waals surface area contributed by atoms with Gasteiger partial charge in [0.1, 0.15) is 17.8 Å². The fourth-order valence-corrected chi connectivity index (χ4v) is 3.72. The third-order valence-electron chi connectivity index (χ3n) is 5.27. The Morgan fingerprint density at radius 2 is 1.69 bits per heavy atom. The molecule has 0 atom stereocenters. The van der Waals surface area contributed by atoms with Crippen LogP contribution >= 0.6 is 0 Å². The van der Waals surface area contributed by atoms with Gasteiger partial charge in [-0.25, -0.2) is 15.0 Å². The van der Waals surface area contributed by atoms with Crippen LogP contribution in [0.1, 0.15) is 5.82 Å². The van der Waals surface area contributed by atoms with E-state index in [-0.39, 0.29) is 0 Å². The van der Waals surface area contributed by atoms with E-state index in [1.807, 2.05) is 54.5 Å². The first-order valence-corrected chi connectivity index (χ1v) is 9.57. The van der Waals surface area contributed by atoms with Gasteiger partial charge in [0.15, 0.2) is 5.82 Å². The Morgan fingerprint density at radius 1 is 0.897 bits per heavy atom. The van der Waals surface area contributed by atoms with Gasteiger partial charge in [-0.15, -0.1) is 0 Å². The second-order valence-electron chi connectivity index (χ2n) is 7.03. The van der Waals surface area contributed by atoms with Crippen LogP contribution < -0.4 is 0 Å². The summed E-state index contributed by atoms with van der Waals surface area (Å²) in [6.07, 6.45) is 4.25. The summed E-state index contributed by atoms with van der Waals surface area (Å²) in [6.45, 7) is 0.741. The molecule has 0 spiro atoms. The van der Waals surface area contributed by atoms with E-state index >= 15 is 0 Å². The molecule has 144 valence electrons. The molecule has 3 heterocycles. The van der Waals surface area contributed by atoms with Crippen molar-refractivity contribution < 1.29 is 0 Å². The average Bonchev–Trinajstić information content (AvgIpc) is 3.44. The molecular weight excluding hydrogens is 362 g/mol. The van der Waals surface area contributed by atoms with E-state index < -0.39 is 0 Å². The summed E-state index contributed by atoms with van der Waals surface area (Å²) in [5.74, 6) is 1.84. The van der Waals surface area contributed by atoms with Gasteiger partial charge in [0.2, 0.25) is 0 Å². The summed E-state index contributed by atoms with van der Waals surface area (Å²) in [7, 11) is 3.97. The quantitative estimate of drug-likeness (QED) is 0.466. The SMILES string of the molecule is Cn1ncnc1CCn1cnc(-c2ccccc2)c1-c1nc2ccccc2n1C. The van der Waals surface area contributed by atoms with Gasteiger partial charge in [0.25, 0.3) is 0 Å². The first kappa shape index (κ1) is 17.4. The number of aryl methyl sites for hydroxylation is 4.